The molecular weight excluding hydrogens is 320 g/mol. The average molecular weight is 344 g/mol. The van der Waals surface area contributed by atoms with Crippen LogP contribution in [0.2, 0.25) is 0 Å². The molecular formula is C20H23OS2+. The zero-order chi connectivity index (χ0) is 16.3. The van der Waals surface area contributed by atoms with Crippen LogP contribution in [-0.2, 0) is 10.9 Å². The Morgan fingerprint density at radius 1 is 0.913 bits per heavy atom. The molecule has 3 heteroatoms. The minimum Gasteiger partial charge on any atom is -0.288 e. The molecule has 0 spiro atoms. The van der Waals surface area contributed by atoms with Crippen LogP contribution in [-0.4, -0.2) is 22.0 Å². The van der Waals surface area contributed by atoms with E-state index in [4.69, 9.17) is 0 Å². The number of benzene rings is 2. The summed E-state index contributed by atoms with van der Waals surface area (Å²) in [5.74, 6) is 2.75. The molecule has 0 aliphatic carbocycles. The molecule has 1 aliphatic rings. The maximum atomic E-state index is 12.9. The van der Waals surface area contributed by atoms with Crippen molar-refractivity contribution in [2.24, 2.45) is 0 Å². The molecule has 1 fully saturated rings. The third kappa shape index (κ3) is 3.84. The molecule has 0 unspecified atom stereocenters. The van der Waals surface area contributed by atoms with Crippen LogP contribution in [0.5, 0.6) is 0 Å². The van der Waals surface area contributed by atoms with Crippen LogP contribution in [0.3, 0.4) is 0 Å². The van der Waals surface area contributed by atoms with Gasteiger partial charge in [0.25, 0.3) is 0 Å². The van der Waals surface area contributed by atoms with Crippen molar-refractivity contribution in [3.05, 3.63) is 60.2 Å². The first-order valence-electron chi connectivity index (χ1n) is 8.13. The van der Waals surface area contributed by atoms with Crippen molar-refractivity contribution in [1.29, 1.82) is 0 Å². The van der Waals surface area contributed by atoms with Gasteiger partial charge in [0.05, 0.1) is 0 Å². The fourth-order valence-corrected chi connectivity index (χ4v) is 6.49. The summed E-state index contributed by atoms with van der Waals surface area (Å²) in [7, 11) is 0.240. The van der Waals surface area contributed by atoms with Gasteiger partial charge in [-0.1, -0.05) is 42.1 Å². The molecule has 0 saturated carbocycles. The second-order valence-electron chi connectivity index (χ2n) is 6.39. The summed E-state index contributed by atoms with van der Waals surface area (Å²) < 4.78 is -0.218. The summed E-state index contributed by atoms with van der Waals surface area (Å²) in [6, 6.07) is 18.5. The van der Waals surface area contributed by atoms with Crippen molar-refractivity contribution in [1.82, 2.24) is 0 Å². The summed E-state index contributed by atoms with van der Waals surface area (Å²) in [5, 5.41) is 0. The maximum absolute atomic E-state index is 12.9. The van der Waals surface area contributed by atoms with E-state index in [1.807, 2.05) is 30.3 Å². The maximum Gasteiger partial charge on any atom is 0.217 e. The lowest BCUT2D eigenvalue weighted by Crippen LogP contribution is -2.41. The fourth-order valence-electron chi connectivity index (χ4n) is 2.94. The first-order valence-corrected chi connectivity index (χ1v) is 10.5. The largest absolute Gasteiger partial charge is 0.288 e. The Hall–Kier alpha value is -1.19. The average Bonchev–Trinajstić information content (AvgIpc) is 3.11. The Kier molecular flexibility index (Phi) is 5.17. The van der Waals surface area contributed by atoms with E-state index in [0.717, 1.165) is 5.56 Å². The van der Waals surface area contributed by atoms with Crippen LogP contribution in [0.15, 0.2) is 64.4 Å². The molecule has 2 aromatic carbocycles. The quantitative estimate of drug-likeness (QED) is 0.547. The van der Waals surface area contributed by atoms with Crippen LogP contribution in [0, 0.1) is 0 Å². The predicted octanol–water partition coefficient (Wildman–Crippen LogP) is 5.21. The normalized spacial score (nSPS) is 15.7. The molecule has 2 aromatic rings. The molecule has 0 aromatic heterocycles. The molecule has 0 bridgehead atoms. The summed E-state index contributed by atoms with van der Waals surface area (Å²) in [5.41, 5.74) is 0.854. The van der Waals surface area contributed by atoms with Gasteiger partial charge in [-0.25, -0.2) is 0 Å². The minimum absolute atomic E-state index is 0.218. The van der Waals surface area contributed by atoms with E-state index in [1.165, 1.54) is 34.1 Å². The lowest BCUT2D eigenvalue weighted by molar-refractivity contribution is 0.0956. The number of rotatable bonds is 5. The van der Waals surface area contributed by atoms with Crippen LogP contribution in [0.1, 0.15) is 37.0 Å². The van der Waals surface area contributed by atoms with Crippen LogP contribution in [0.4, 0.5) is 0 Å². The van der Waals surface area contributed by atoms with Gasteiger partial charge in [-0.2, -0.15) is 0 Å². The van der Waals surface area contributed by atoms with Gasteiger partial charge < -0.3 is 0 Å². The van der Waals surface area contributed by atoms with Crippen molar-refractivity contribution in [2.75, 3.05) is 11.5 Å². The minimum atomic E-state index is -0.218. The van der Waals surface area contributed by atoms with Crippen molar-refractivity contribution in [2.45, 2.75) is 41.2 Å². The third-order valence-electron chi connectivity index (χ3n) is 4.40. The highest BCUT2D eigenvalue weighted by atomic mass is 32.2. The van der Waals surface area contributed by atoms with Crippen molar-refractivity contribution in [3.8, 4) is 0 Å². The first-order chi connectivity index (χ1) is 11.1. The van der Waals surface area contributed by atoms with Gasteiger partial charge in [-0.3, -0.25) is 4.79 Å². The Bertz CT molecular complexity index is 656. The van der Waals surface area contributed by atoms with E-state index in [1.54, 1.807) is 11.8 Å². The molecule has 1 heterocycles. The highest BCUT2D eigenvalue weighted by molar-refractivity contribution is 7.99. The van der Waals surface area contributed by atoms with E-state index in [2.05, 4.69) is 38.1 Å². The second kappa shape index (κ2) is 7.14. The predicted molar refractivity (Wildman–Crippen MR) is 102 cm³/mol. The number of Topliss-reactive ketones (excluding diaryl/α,β-unsaturated/α-hetero) is 1. The Morgan fingerprint density at radius 2 is 1.48 bits per heavy atom. The van der Waals surface area contributed by atoms with Crippen molar-refractivity contribution >= 4 is 28.4 Å². The lowest BCUT2D eigenvalue weighted by atomic mass is 10.0. The SMILES string of the molecule is CC(C)(C(=O)c1ccc(Sc2ccccc2)cc1)[S+]1CCCC1. The van der Waals surface area contributed by atoms with Gasteiger partial charge in [0, 0.05) is 26.2 Å². The number of ketones is 1. The molecule has 23 heavy (non-hydrogen) atoms. The number of carbonyl (C=O) groups excluding carboxylic acids is 1. The summed E-state index contributed by atoms with van der Waals surface area (Å²) >= 11 is 1.73. The third-order valence-corrected chi connectivity index (χ3v) is 8.60. The van der Waals surface area contributed by atoms with Crippen LogP contribution in [0.25, 0.3) is 0 Å². The first kappa shape index (κ1) is 16.7. The van der Waals surface area contributed by atoms with E-state index in [9.17, 15) is 4.79 Å². The van der Waals surface area contributed by atoms with Gasteiger partial charge in [0.15, 0.2) is 4.75 Å². The smallest absolute Gasteiger partial charge is 0.217 e. The highest BCUT2D eigenvalue weighted by Crippen LogP contribution is 2.32. The molecule has 1 saturated heterocycles. The van der Waals surface area contributed by atoms with Gasteiger partial charge >= 0.3 is 0 Å². The molecule has 1 aliphatic heterocycles. The van der Waals surface area contributed by atoms with Crippen LogP contribution < -0.4 is 0 Å². The Labute approximate surface area is 146 Å². The standard InChI is InChI=1S/C20H23OS2/c1-20(2,23-14-6-7-15-23)19(21)16-10-12-18(13-11-16)22-17-8-4-3-5-9-17/h3-5,8-13H,6-7,14-15H2,1-2H3/q+1. The van der Waals surface area contributed by atoms with Gasteiger partial charge in [0.2, 0.25) is 5.78 Å². The summed E-state index contributed by atoms with van der Waals surface area (Å²) in [6.07, 6.45) is 2.57. The molecule has 0 radical (unpaired) electrons. The van der Waals surface area contributed by atoms with Gasteiger partial charge in [-0.15, -0.1) is 0 Å². The molecule has 3 rings (SSSR count). The van der Waals surface area contributed by atoms with E-state index >= 15 is 0 Å². The molecule has 1 nitrogen and oxygen atoms in total. The van der Waals surface area contributed by atoms with Gasteiger partial charge in [0.1, 0.15) is 11.5 Å². The number of hydrogen-bond acceptors (Lipinski definition) is 2. The molecule has 120 valence electrons. The van der Waals surface area contributed by atoms with Gasteiger partial charge in [-0.05, 0) is 51.0 Å². The van der Waals surface area contributed by atoms with E-state index in [-0.39, 0.29) is 15.6 Å². The zero-order valence-electron chi connectivity index (χ0n) is 13.7. The summed E-state index contributed by atoms with van der Waals surface area (Å²) in [4.78, 5) is 15.3. The number of hydrogen-bond donors (Lipinski definition) is 0. The Balaban J connectivity index is 1.72. The van der Waals surface area contributed by atoms with Crippen molar-refractivity contribution in [3.63, 3.8) is 0 Å². The molecule has 0 atom stereocenters. The second-order valence-corrected chi connectivity index (χ2v) is 10.4. The lowest BCUT2D eigenvalue weighted by Gasteiger charge is -2.21. The monoisotopic (exact) mass is 343 g/mol. The molecule has 0 amide bonds. The fraction of sp³-hybridized carbons (Fsp3) is 0.350. The zero-order valence-corrected chi connectivity index (χ0v) is 15.4. The molecule has 0 N–H and O–H groups in total. The highest BCUT2D eigenvalue weighted by Gasteiger charge is 2.46. The number of carbonyl (C=O) groups is 1. The van der Waals surface area contributed by atoms with E-state index in [0.29, 0.717) is 5.78 Å². The van der Waals surface area contributed by atoms with Crippen molar-refractivity contribution < 1.29 is 4.79 Å². The summed E-state index contributed by atoms with van der Waals surface area (Å²) in [6.45, 7) is 4.27. The van der Waals surface area contributed by atoms with E-state index < -0.39 is 0 Å². The topological polar surface area (TPSA) is 17.1 Å². The van der Waals surface area contributed by atoms with Crippen LogP contribution >= 0.6 is 11.8 Å². The Morgan fingerprint density at radius 3 is 2.09 bits per heavy atom.